The molecule has 0 saturated heterocycles. The summed E-state index contributed by atoms with van der Waals surface area (Å²) in [5, 5.41) is 9.05. The molecule has 25 heavy (non-hydrogen) atoms. The van der Waals surface area contributed by atoms with E-state index in [4.69, 9.17) is 5.26 Å². The molecule has 0 fully saturated rings. The third-order valence-electron chi connectivity index (χ3n) is 3.75. The van der Waals surface area contributed by atoms with E-state index in [0.29, 0.717) is 16.9 Å². The lowest BCUT2D eigenvalue weighted by molar-refractivity contribution is -0.137. The van der Waals surface area contributed by atoms with Crippen molar-refractivity contribution in [3.63, 3.8) is 0 Å². The molecule has 2 rings (SSSR count). The Hall–Kier alpha value is -3.01. The summed E-state index contributed by atoms with van der Waals surface area (Å²) in [6, 6.07) is 8.30. The zero-order valence-corrected chi connectivity index (χ0v) is 13.8. The van der Waals surface area contributed by atoms with Gasteiger partial charge in [-0.15, -0.1) is 0 Å². The number of halogens is 3. The standard InChI is InChI=1S/C18H15F3N2O2/c1-11-8-13(9-14(10-22)17(24)25-3)12(2)23(11)16-6-4-15(5-7-16)18(19,20)21/h4-9H,1-3H3/b14-9-. The summed E-state index contributed by atoms with van der Waals surface area (Å²) in [4.78, 5) is 11.5. The Morgan fingerprint density at radius 1 is 1.24 bits per heavy atom. The quantitative estimate of drug-likeness (QED) is 0.475. The Bertz CT molecular complexity index is 869. The van der Waals surface area contributed by atoms with Crippen molar-refractivity contribution in [2.24, 2.45) is 0 Å². The third kappa shape index (κ3) is 3.74. The van der Waals surface area contributed by atoms with Crippen LogP contribution in [0.3, 0.4) is 0 Å². The molecule has 0 aliphatic rings. The molecule has 2 aromatic rings. The molecule has 0 amide bonds. The lowest BCUT2D eigenvalue weighted by atomic mass is 10.1. The number of aryl methyl sites for hydroxylation is 1. The van der Waals surface area contributed by atoms with E-state index in [9.17, 15) is 18.0 Å². The summed E-state index contributed by atoms with van der Waals surface area (Å²) in [7, 11) is 1.18. The zero-order valence-electron chi connectivity index (χ0n) is 13.8. The lowest BCUT2D eigenvalue weighted by Gasteiger charge is -2.12. The molecule has 1 aromatic carbocycles. The van der Waals surface area contributed by atoms with Crippen LogP contribution in [-0.2, 0) is 15.7 Å². The zero-order chi connectivity index (χ0) is 18.8. The number of methoxy groups -OCH3 is 1. The Balaban J connectivity index is 2.49. The van der Waals surface area contributed by atoms with Gasteiger partial charge in [0.1, 0.15) is 11.6 Å². The van der Waals surface area contributed by atoms with Crippen molar-refractivity contribution in [1.29, 1.82) is 5.26 Å². The highest BCUT2D eigenvalue weighted by Gasteiger charge is 2.30. The maximum atomic E-state index is 12.7. The first kappa shape index (κ1) is 18.3. The number of nitriles is 1. The number of aromatic nitrogens is 1. The van der Waals surface area contributed by atoms with Crippen LogP contribution in [0.2, 0.25) is 0 Å². The highest BCUT2D eigenvalue weighted by Crippen LogP contribution is 2.30. The van der Waals surface area contributed by atoms with Crippen LogP contribution >= 0.6 is 0 Å². The molecule has 130 valence electrons. The molecule has 0 unspecified atom stereocenters. The van der Waals surface area contributed by atoms with Crippen LogP contribution in [0.15, 0.2) is 35.9 Å². The fourth-order valence-electron chi connectivity index (χ4n) is 2.53. The van der Waals surface area contributed by atoms with Gasteiger partial charge in [-0.25, -0.2) is 4.79 Å². The summed E-state index contributed by atoms with van der Waals surface area (Å²) in [5.74, 6) is -0.748. The SMILES string of the molecule is COC(=O)/C(C#N)=C\c1cc(C)n(-c2ccc(C(F)(F)F)cc2)c1C. The van der Waals surface area contributed by atoms with E-state index in [0.717, 1.165) is 17.8 Å². The Labute approximate surface area is 142 Å². The molecule has 7 heteroatoms. The maximum Gasteiger partial charge on any atom is 0.416 e. The van der Waals surface area contributed by atoms with Crippen molar-refractivity contribution < 1.29 is 22.7 Å². The molecule has 0 N–H and O–H groups in total. The van der Waals surface area contributed by atoms with Crippen LogP contribution in [0.25, 0.3) is 11.8 Å². The van der Waals surface area contributed by atoms with Gasteiger partial charge in [0.2, 0.25) is 0 Å². The number of hydrogen-bond acceptors (Lipinski definition) is 3. The van der Waals surface area contributed by atoms with Gasteiger partial charge in [0, 0.05) is 17.1 Å². The number of esters is 1. The molecule has 0 aliphatic heterocycles. The van der Waals surface area contributed by atoms with Crippen LogP contribution in [0, 0.1) is 25.2 Å². The van der Waals surface area contributed by atoms with Gasteiger partial charge in [0.25, 0.3) is 0 Å². The molecule has 1 heterocycles. The predicted molar refractivity (Wildman–Crippen MR) is 85.9 cm³/mol. The highest BCUT2D eigenvalue weighted by molar-refractivity contribution is 5.98. The molecule has 1 aromatic heterocycles. The lowest BCUT2D eigenvalue weighted by Crippen LogP contribution is -2.06. The van der Waals surface area contributed by atoms with Crippen LogP contribution in [0.5, 0.6) is 0 Å². The van der Waals surface area contributed by atoms with E-state index in [1.807, 2.05) is 0 Å². The number of nitrogens with zero attached hydrogens (tertiary/aromatic N) is 2. The molecule has 0 radical (unpaired) electrons. The maximum absolute atomic E-state index is 12.7. The number of benzene rings is 1. The van der Waals surface area contributed by atoms with Crippen molar-refractivity contribution in [3.8, 4) is 11.8 Å². The molecule has 0 bridgehead atoms. The van der Waals surface area contributed by atoms with E-state index in [1.165, 1.54) is 25.3 Å². The van der Waals surface area contributed by atoms with E-state index >= 15 is 0 Å². The van der Waals surface area contributed by atoms with E-state index in [-0.39, 0.29) is 5.57 Å². The first-order chi connectivity index (χ1) is 11.7. The van der Waals surface area contributed by atoms with Gasteiger partial charge < -0.3 is 9.30 Å². The van der Waals surface area contributed by atoms with Gasteiger partial charge in [-0.05, 0) is 55.8 Å². The van der Waals surface area contributed by atoms with Crippen LogP contribution in [0.1, 0.15) is 22.5 Å². The number of alkyl halides is 3. The Morgan fingerprint density at radius 3 is 2.32 bits per heavy atom. The number of rotatable bonds is 3. The van der Waals surface area contributed by atoms with Crippen molar-refractivity contribution >= 4 is 12.0 Å². The first-order valence-corrected chi connectivity index (χ1v) is 7.25. The summed E-state index contributed by atoms with van der Waals surface area (Å²) in [6.07, 6.45) is -3.00. The molecular weight excluding hydrogens is 333 g/mol. The molecule has 0 saturated carbocycles. The fraction of sp³-hybridized carbons (Fsp3) is 0.222. The largest absolute Gasteiger partial charge is 0.465 e. The van der Waals surface area contributed by atoms with Gasteiger partial charge in [-0.1, -0.05) is 0 Å². The molecule has 0 aliphatic carbocycles. The molecular formula is C18H15F3N2O2. The molecule has 0 atom stereocenters. The summed E-state index contributed by atoms with van der Waals surface area (Å²) in [6.45, 7) is 3.54. The smallest absolute Gasteiger partial charge is 0.416 e. The molecule has 0 spiro atoms. The van der Waals surface area contributed by atoms with Gasteiger partial charge in [-0.3, -0.25) is 0 Å². The van der Waals surface area contributed by atoms with Crippen molar-refractivity contribution in [2.45, 2.75) is 20.0 Å². The van der Waals surface area contributed by atoms with E-state index in [1.54, 1.807) is 30.6 Å². The average molecular weight is 348 g/mol. The Kier molecular flexibility index (Phi) is 5.02. The number of carbonyl (C=O) groups excluding carboxylic acids is 1. The summed E-state index contributed by atoms with van der Waals surface area (Å²) < 4.78 is 44.3. The van der Waals surface area contributed by atoms with Gasteiger partial charge in [-0.2, -0.15) is 18.4 Å². The van der Waals surface area contributed by atoms with Gasteiger partial charge in [0.05, 0.1) is 12.7 Å². The normalized spacial score (nSPS) is 12.0. The number of carbonyl (C=O) groups is 1. The summed E-state index contributed by atoms with van der Waals surface area (Å²) in [5.41, 5.74) is 1.73. The van der Waals surface area contributed by atoms with Crippen molar-refractivity contribution in [1.82, 2.24) is 4.57 Å². The van der Waals surface area contributed by atoms with Gasteiger partial charge >= 0.3 is 12.1 Å². The van der Waals surface area contributed by atoms with Crippen LogP contribution in [-0.4, -0.2) is 17.6 Å². The third-order valence-corrected chi connectivity index (χ3v) is 3.75. The van der Waals surface area contributed by atoms with Crippen molar-refractivity contribution in [2.75, 3.05) is 7.11 Å². The predicted octanol–water partition coefficient (Wildman–Crippen LogP) is 4.19. The van der Waals surface area contributed by atoms with Crippen LogP contribution < -0.4 is 0 Å². The van der Waals surface area contributed by atoms with E-state index in [2.05, 4.69) is 4.74 Å². The number of ether oxygens (including phenoxy) is 1. The minimum Gasteiger partial charge on any atom is -0.465 e. The monoisotopic (exact) mass is 348 g/mol. The fourth-order valence-corrected chi connectivity index (χ4v) is 2.53. The van der Waals surface area contributed by atoms with Crippen molar-refractivity contribution in [3.05, 3.63) is 58.4 Å². The highest BCUT2D eigenvalue weighted by atomic mass is 19.4. The van der Waals surface area contributed by atoms with Crippen LogP contribution in [0.4, 0.5) is 13.2 Å². The minimum atomic E-state index is -4.39. The second-order valence-electron chi connectivity index (χ2n) is 5.37. The second kappa shape index (κ2) is 6.85. The first-order valence-electron chi connectivity index (χ1n) is 7.25. The molecule has 4 nitrogen and oxygen atoms in total. The van der Waals surface area contributed by atoms with E-state index < -0.39 is 17.7 Å². The summed E-state index contributed by atoms with van der Waals surface area (Å²) >= 11 is 0. The second-order valence-corrected chi connectivity index (χ2v) is 5.37. The number of hydrogen-bond donors (Lipinski definition) is 0. The topological polar surface area (TPSA) is 55.0 Å². The Morgan fingerprint density at radius 2 is 1.84 bits per heavy atom. The van der Waals surface area contributed by atoms with Gasteiger partial charge in [0.15, 0.2) is 0 Å². The average Bonchev–Trinajstić information content (AvgIpc) is 2.85. The minimum absolute atomic E-state index is 0.157.